The van der Waals surface area contributed by atoms with Crippen molar-refractivity contribution in [3.05, 3.63) is 30.1 Å². The Hall–Kier alpha value is -2.48. The van der Waals surface area contributed by atoms with Gasteiger partial charge in [0.15, 0.2) is 0 Å². The van der Waals surface area contributed by atoms with E-state index in [9.17, 15) is 18.8 Å². The van der Waals surface area contributed by atoms with Crippen LogP contribution < -0.4 is 10.6 Å². The summed E-state index contributed by atoms with van der Waals surface area (Å²) in [5, 5.41) is 0. The molecule has 1 atom stereocenters. The van der Waals surface area contributed by atoms with Gasteiger partial charge in [-0.3, -0.25) is 19.3 Å². The standard InChI is InChI=1S/C19H26FN3O4/c1-2-27-19(26)14-4-3-10-22(12-14)13-18(25)23(11-9-17(21)24)16-7-5-15(20)6-8-16/h5-8,14H,2-4,9-13H2,1H3,(H2,21,24). The highest BCUT2D eigenvalue weighted by atomic mass is 19.1. The van der Waals surface area contributed by atoms with E-state index in [1.165, 1.54) is 29.2 Å². The fourth-order valence-electron chi connectivity index (χ4n) is 3.17. The quantitative estimate of drug-likeness (QED) is 0.688. The molecule has 0 aliphatic carbocycles. The van der Waals surface area contributed by atoms with Gasteiger partial charge in [0.2, 0.25) is 11.8 Å². The third kappa shape index (κ3) is 6.32. The van der Waals surface area contributed by atoms with Crippen LogP contribution in [0.1, 0.15) is 26.2 Å². The zero-order valence-electron chi connectivity index (χ0n) is 15.5. The van der Waals surface area contributed by atoms with Gasteiger partial charge in [-0.25, -0.2) is 4.39 Å². The number of hydrogen-bond donors (Lipinski definition) is 1. The van der Waals surface area contributed by atoms with Crippen molar-refractivity contribution in [2.45, 2.75) is 26.2 Å². The second-order valence-corrected chi connectivity index (χ2v) is 6.56. The number of esters is 1. The first-order valence-corrected chi connectivity index (χ1v) is 9.14. The summed E-state index contributed by atoms with van der Waals surface area (Å²) in [6.45, 7) is 3.48. The molecular weight excluding hydrogens is 353 g/mol. The van der Waals surface area contributed by atoms with Crippen molar-refractivity contribution in [2.75, 3.05) is 37.7 Å². The number of carbonyl (C=O) groups excluding carboxylic acids is 3. The number of amides is 2. The van der Waals surface area contributed by atoms with Crippen molar-refractivity contribution < 1.29 is 23.5 Å². The Morgan fingerprint density at radius 3 is 2.63 bits per heavy atom. The molecule has 148 valence electrons. The zero-order valence-corrected chi connectivity index (χ0v) is 15.5. The van der Waals surface area contributed by atoms with Crippen LogP contribution in [0.15, 0.2) is 24.3 Å². The highest BCUT2D eigenvalue weighted by Crippen LogP contribution is 2.20. The number of benzene rings is 1. The van der Waals surface area contributed by atoms with Crippen LogP contribution in [0.25, 0.3) is 0 Å². The van der Waals surface area contributed by atoms with Crippen molar-refractivity contribution in [3.8, 4) is 0 Å². The normalized spacial score (nSPS) is 17.3. The minimum atomic E-state index is -0.518. The predicted molar refractivity (Wildman–Crippen MR) is 98.4 cm³/mol. The number of nitrogens with two attached hydrogens (primary N) is 1. The van der Waals surface area contributed by atoms with Gasteiger partial charge >= 0.3 is 5.97 Å². The molecule has 1 aliphatic rings. The Morgan fingerprint density at radius 1 is 1.30 bits per heavy atom. The third-order valence-electron chi connectivity index (χ3n) is 4.51. The van der Waals surface area contributed by atoms with Crippen molar-refractivity contribution in [2.24, 2.45) is 11.7 Å². The first-order chi connectivity index (χ1) is 12.9. The molecule has 1 unspecified atom stereocenters. The van der Waals surface area contributed by atoms with Gasteiger partial charge < -0.3 is 15.4 Å². The van der Waals surface area contributed by atoms with E-state index in [1.54, 1.807) is 6.92 Å². The number of carbonyl (C=O) groups is 3. The summed E-state index contributed by atoms with van der Waals surface area (Å²) in [7, 11) is 0. The van der Waals surface area contributed by atoms with Gasteiger partial charge in [0, 0.05) is 25.2 Å². The summed E-state index contributed by atoms with van der Waals surface area (Å²) in [5.41, 5.74) is 5.71. The number of primary amides is 1. The van der Waals surface area contributed by atoms with E-state index in [0.29, 0.717) is 25.4 Å². The van der Waals surface area contributed by atoms with Gasteiger partial charge in [-0.2, -0.15) is 0 Å². The van der Waals surface area contributed by atoms with Gasteiger partial charge in [-0.1, -0.05) is 0 Å². The van der Waals surface area contributed by atoms with Crippen molar-refractivity contribution in [1.82, 2.24) is 4.90 Å². The lowest BCUT2D eigenvalue weighted by atomic mass is 9.98. The molecule has 1 aromatic carbocycles. The number of nitrogens with zero attached hydrogens (tertiary/aromatic N) is 2. The van der Waals surface area contributed by atoms with Crippen LogP contribution in [0.4, 0.5) is 10.1 Å². The molecule has 1 saturated heterocycles. The van der Waals surface area contributed by atoms with Crippen LogP contribution in [-0.2, 0) is 19.1 Å². The molecule has 0 saturated carbocycles. The minimum Gasteiger partial charge on any atom is -0.466 e. The monoisotopic (exact) mass is 379 g/mol. The molecule has 1 fully saturated rings. The molecule has 2 amide bonds. The van der Waals surface area contributed by atoms with Crippen molar-refractivity contribution >= 4 is 23.5 Å². The van der Waals surface area contributed by atoms with Gasteiger partial charge in [-0.05, 0) is 50.6 Å². The second kappa shape index (κ2) is 10.0. The fourth-order valence-corrected chi connectivity index (χ4v) is 3.17. The van der Waals surface area contributed by atoms with Crippen molar-refractivity contribution in [1.29, 1.82) is 0 Å². The molecule has 0 spiro atoms. The highest BCUT2D eigenvalue weighted by Gasteiger charge is 2.29. The first-order valence-electron chi connectivity index (χ1n) is 9.14. The molecule has 1 aliphatic heterocycles. The van der Waals surface area contributed by atoms with E-state index >= 15 is 0 Å². The molecule has 1 aromatic rings. The Kier molecular flexibility index (Phi) is 7.72. The van der Waals surface area contributed by atoms with E-state index < -0.39 is 11.7 Å². The molecule has 2 rings (SSSR count). The van der Waals surface area contributed by atoms with Gasteiger partial charge in [0.1, 0.15) is 5.82 Å². The lowest BCUT2D eigenvalue weighted by Gasteiger charge is -2.32. The summed E-state index contributed by atoms with van der Waals surface area (Å²) in [6, 6.07) is 5.51. The molecule has 0 aromatic heterocycles. The van der Waals surface area contributed by atoms with Gasteiger partial charge in [0.05, 0.1) is 19.1 Å². The second-order valence-electron chi connectivity index (χ2n) is 6.56. The molecule has 0 bridgehead atoms. The van der Waals surface area contributed by atoms with Crippen LogP contribution in [0.5, 0.6) is 0 Å². The largest absolute Gasteiger partial charge is 0.466 e. The van der Waals surface area contributed by atoms with Crippen LogP contribution in [0, 0.1) is 11.7 Å². The summed E-state index contributed by atoms with van der Waals surface area (Å²) < 4.78 is 18.3. The lowest BCUT2D eigenvalue weighted by Crippen LogP contribution is -2.46. The van der Waals surface area contributed by atoms with E-state index in [4.69, 9.17) is 10.5 Å². The predicted octanol–water partition coefficient (Wildman–Crippen LogP) is 1.31. The summed E-state index contributed by atoms with van der Waals surface area (Å²) in [6.07, 6.45) is 1.55. The molecule has 7 nitrogen and oxygen atoms in total. The topological polar surface area (TPSA) is 92.9 Å². The average Bonchev–Trinajstić information content (AvgIpc) is 2.63. The Balaban J connectivity index is 2.04. The number of rotatable bonds is 8. The SMILES string of the molecule is CCOC(=O)C1CCCN(CC(=O)N(CCC(N)=O)c2ccc(F)cc2)C1. The minimum absolute atomic E-state index is 0.00850. The number of likely N-dealkylation sites (tertiary alicyclic amines) is 1. The summed E-state index contributed by atoms with van der Waals surface area (Å²) in [4.78, 5) is 39.3. The highest BCUT2D eigenvalue weighted by molar-refractivity contribution is 5.95. The maximum atomic E-state index is 13.2. The third-order valence-corrected chi connectivity index (χ3v) is 4.51. The van der Waals surface area contributed by atoms with Gasteiger partial charge in [-0.15, -0.1) is 0 Å². The van der Waals surface area contributed by atoms with E-state index in [1.807, 2.05) is 4.90 Å². The van der Waals surface area contributed by atoms with E-state index in [-0.39, 0.29) is 37.3 Å². The van der Waals surface area contributed by atoms with Crippen LogP contribution in [0.3, 0.4) is 0 Å². The zero-order chi connectivity index (χ0) is 19.8. The maximum absolute atomic E-state index is 13.2. The van der Waals surface area contributed by atoms with E-state index in [0.717, 1.165) is 12.8 Å². The van der Waals surface area contributed by atoms with Crippen LogP contribution in [-0.4, -0.2) is 55.5 Å². The molecule has 8 heteroatoms. The molecule has 0 radical (unpaired) electrons. The number of anilines is 1. The number of hydrogen-bond acceptors (Lipinski definition) is 5. The first kappa shape index (κ1) is 20.8. The molecular formula is C19H26FN3O4. The number of piperidine rings is 1. The lowest BCUT2D eigenvalue weighted by molar-refractivity contribution is -0.150. The number of halogens is 1. The fraction of sp³-hybridized carbons (Fsp3) is 0.526. The van der Waals surface area contributed by atoms with Crippen molar-refractivity contribution in [3.63, 3.8) is 0 Å². The molecule has 27 heavy (non-hydrogen) atoms. The molecule has 1 heterocycles. The summed E-state index contributed by atoms with van der Waals surface area (Å²) >= 11 is 0. The summed E-state index contributed by atoms with van der Waals surface area (Å²) in [5.74, 6) is -1.63. The van der Waals surface area contributed by atoms with Gasteiger partial charge in [0.25, 0.3) is 0 Å². The van der Waals surface area contributed by atoms with Crippen LogP contribution >= 0.6 is 0 Å². The average molecular weight is 379 g/mol. The smallest absolute Gasteiger partial charge is 0.310 e. The van der Waals surface area contributed by atoms with Crippen LogP contribution in [0.2, 0.25) is 0 Å². The maximum Gasteiger partial charge on any atom is 0.310 e. The molecule has 2 N–H and O–H groups in total. The number of ether oxygens (including phenoxy) is 1. The Bertz CT molecular complexity index is 665. The Labute approximate surface area is 158 Å². The Morgan fingerprint density at radius 2 is 2.00 bits per heavy atom. The van der Waals surface area contributed by atoms with E-state index in [2.05, 4.69) is 0 Å².